The molecule has 2 heterocycles. The van der Waals surface area contributed by atoms with E-state index in [1.54, 1.807) is 11.3 Å². The number of thiazole rings is 1. The average Bonchev–Trinajstić information content (AvgIpc) is 3.01. The van der Waals surface area contributed by atoms with Crippen LogP contribution in [0.4, 0.5) is 0 Å². The number of nitrogens with zero attached hydrogens (tertiary/aromatic N) is 2. The van der Waals surface area contributed by atoms with Crippen LogP contribution in [-0.4, -0.2) is 26.2 Å². The maximum atomic E-state index is 11.9. The van der Waals surface area contributed by atoms with Gasteiger partial charge in [0.25, 0.3) is 0 Å². The fourth-order valence-electron chi connectivity index (χ4n) is 2.38. The number of imidazole rings is 1. The molecule has 1 aliphatic carbocycles. The van der Waals surface area contributed by atoms with Crippen molar-refractivity contribution in [1.82, 2.24) is 9.38 Å². The highest BCUT2D eigenvalue weighted by atomic mass is 32.2. The zero-order valence-corrected chi connectivity index (χ0v) is 11.8. The van der Waals surface area contributed by atoms with E-state index >= 15 is 0 Å². The predicted molar refractivity (Wildman–Crippen MR) is 76.5 cm³/mol. The Hall–Kier alpha value is -0.810. The minimum absolute atomic E-state index is 0.303. The molecule has 1 saturated carbocycles. The van der Waals surface area contributed by atoms with Crippen LogP contribution >= 0.6 is 23.1 Å². The van der Waals surface area contributed by atoms with Gasteiger partial charge < -0.3 is 0 Å². The summed E-state index contributed by atoms with van der Waals surface area (Å²) in [4.78, 5) is 17.3. The van der Waals surface area contributed by atoms with E-state index in [9.17, 15) is 4.79 Å². The summed E-state index contributed by atoms with van der Waals surface area (Å²) in [6, 6.07) is 0. The molecule has 0 saturated heterocycles. The van der Waals surface area contributed by atoms with E-state index < -0.39 is 0 Å². The molecule has 2 aromatic heterocycles. The molecule has 1 fully saturated rings. The lowest BCUT2D eigenvalue weighted by molar-refractivity contribution is -0.116. The van der Waals surface area contributed by atoms with Crippen LogP contribution < -0.4 is 0 Å². The highest BCUT2D eigenvalue weighted by Crippen LogP contribution is 2.29. The Bertz CT molecular complexity index is 511. The monoisotopic (exact) mass is 280 g/mol. The average molecular weight is 280 g/mol. The Kier molecular flexibility index (Phi) is 3.70. The number of carbonyl (C=O) groups is 1. The van der Waals surface area contributed by atoms with Gasteiger partial charge in [0.1, 0.15) is 5.78 Å². The fraction of sp³-hybridized carbons (Fsp3) is 0.538. The number of carbonyl (C=O) groups excluding carboxylic acids is 1. The zero-order chi connectivity index (χ0) is 12.4. The topological polar surface area (TPSA) is 34.4 Å². The molecule has 3 rings (SSSR count). The van der Waals surface area contributed by atoms with E-state index in [1.165, 1.54) is 25.7 Å². The van der Waals surface area contributed by atoms with Crippen molar-refractivity contribution in [2.75, 3.05) is 5.75 Å². The Balaban J connectivity index is 1.52. The van der Waals surface area contributed by atoms with Gasteiger partial charge in [0.2, 0.25) is 0 Å². The van der Waals surface area contributed by atoms with Crippen LogP contribution in [0.25, 0.3) is 4.96 Å². The number of rotatable bonds is 5. The Morgan fingerprint density at radius 1 is 1.50 bits per heavy atom. The van der Waals surface area contributed by atoms with Gasteiger partial charge in [-0.2, -0.15) is 11.8 Å². The van der Waals surface area contributed by atoms with Crippen molar-refractivity contribution in [3.8, 4) is 0 Å². The standard InChI is InChI=1S/C13H16N2OS2/c16-11(9-18-12-3-1-2-4-12)7-10-8-15-5-6-17-13(15)14-10/h5-6,8,12H,1-4,7,9H2. The van der Waals surface area contributed by atoms with Gasteiger partial charge in [0.05, 0.1) is 17.9 Å². The number of ketones is 1. The highest BCUT2D eigenvalue weighted by molar-refractivity contribution is 8.00. The number of hydrogen-bond acceptors (Lipinski definition) is 4. The van der Waals surface area contributed by atoms with Crippen molar-refractivity contribution in [1.29, 1.82) is 0 Å². The quantitative estimate of drug-likeness (QED) is 0.843. The van der Waals surface area contributed by atoms with Gasteiger partial charge in [0.15, 0.2) is 4.96 Å². The third kappa shape index (κ3) is 2.78. The van der Waals surface area contributed by atoms with Crippen molar-refractivity contribution < 1.29 is 4.79 Å². The first-order valence-corrected chi connectivity index (χ1v) is 8.28. The summed E-state index contributed by atoms with van der Waals surface area (Å²) in [6.07, 6.45) is 9.68. The van der Waals surface area contributed by atoms with Crippen LogP contribution in [0, 0.1) is 0 Å². The summed E-state index contributed by atoms with van der Waals surface area (Å²) in [5, 5.41) is 2.73. The minimum atomic E-state index is 0.303. The molecule has 0 spiro atoms. The smallest absolute Gasteiger partial charge is 0.193 e. The summed E-state index contributed by atoms with van der Waals surface area (Å²) in [5.74, 6) is 0.952. The number of Topliss-reactive ketones (excluding diaryl/α,β-unsaturated/α-hetero) is 1. The molecule has 0 aliphatic heterocycles. The van der Waals surface area contributed by atoms with Crippen LogP contribution in [0.3, 0.4) is 0 Å². The molecule has 0 amide bonds. The third-order valence-electron chi connectivity index (χ3n) is 3.30. The van der Waals surface area contributed by atoms with Crippen molar-refractivity contribution in [3.05, 3.63) is 23.5 Å². The summed E-state index contributed by atoms with van der Waals surface area (Å²) in [6.45, 7) is 0. The lowest BCUT2D eigenvalue weighted by Gasteiger charge is -2.06. The maximum Gasteiger partial charge on any atom is 0.193 e. The molecule has 96 valence electrons. The first-order valence-electron chi connectivity index (χ1n) is 6.35. The number of aromatic nitrogens is 2. The van der Waals surface area contributed by atoms with E-state index in [-0.39, 0.29) is 0 Å². The second-order valence-electron chi connectivity index (χ2n) is 4.76. The summed E-state index contributed by atoms with van der Waals surface area (Å²) < 4.78 is 1.98. The van der Waals surface area contributed by atoms with Crippen molar-refractivity contribution in [2.45, 2.75) is 37.4 Å². The first-order chi connectivity index (χ1) is 8.81. The van der Waals surface area contributed by atoms with Crippen LogP contribution in [-0.2, 0) is 11.2 Å². The molecule has 0 radical (unpaired) electrons. The number of hydrogen-bond donors (Lipinski definition) is 0. The molecule has 1 aliphatic rings. The SMILES string of the molecule is O=C(CSC1CCCC1)Cc1cn2ccsc2n1. The first kappa shape index (κ1) is 12.2. The molecule has 5 heteroatoms. The second-order valence-corrected chi connectivity index (χ2v) is 6.92. The lowest BCUT2D eigenvalue weighted by atomic mass is 10.2. The summed E-state index contributed by atoms with van der Waals surface area (Å²) >= 11 is 3.44. The van der Waals surface area contributed by atoms with Crippen molar-refractivity contribution >= 4 is 33.8 Å². The van der Waals surface area contributed by atoms with Crippen molar-refractivity contribution in [3.63, 3.8) is 0 Å². The minimum Gasteiger partial charge on any atom is -0.298 e. The Labute approximate surface area is 115 Å². The molecular weight excluding hydrogens is 264 g/mol. The van der Waals surface area contributed by atoms with Gasteiger partial charge in [-0.05, 0) is 12.8 Å². The van der Waals surface area contributed by atoms with Crippen molar-refractivity contribution in [2.24, 2.45) is 0 Å². The number of thioether (sulfide) groups is 1. The molecular formula is C13H16N2OS2. The van der Waals surface area contributed by atoms with Gasteiger partial charge in [-0.25, -0.2) is 4.98 Å². The molecule has 3 nitrogen and oxygen atoms in total. The van der Waals surface area contributed by atoms with E-state index in [0.29, 0.717) is 18.0 Å². The maximum absolute atomic E-state index is 11.9. The Morgan fingerprint density at radius 2 is 2.33 bits per heavy atom. The fourth-order valence-corrected chi connectivity index (χ4v) is 4.29. The molecule has 18 heavy (non-hydrogen) atoms. The highest BCUT2D eigenvalue weighted by Gasteiger charge is 2.17. The van der Waals surface area contributed by atoms with Gasteiger partial charge in [-0.3, -0.25) is 9.20 Å². The second kappa shape index (κ2) is 5.45. The van der Waals surface area contributed by atoms with E-state index in [4.69, 9.17) is 0 Å². The normalized spacial score (nSPS) is 16.7. The molecule has 0 aromatic carbocycles. The summed E-state index contributed by atoms with van der Waals surface area (Å²) in [5.41, 5.74) is 0.902. The van der Waals surface area contributed by atoms with Crippen LogP contribution in [0.1, 0.15) is 31.4 Å². The van der Waals surface area contributed by atoms with Gasteiger partial charge >= 0.3 is 0 Å². The molecule has 0 N–H and O–H groups in total. The molecule has 2 aromatic rings. The lowest BCUT2D eigenvalue weighted by Crippen LogP contribution is -2.09. The number of fused-ring (bicyclic) bond motifs is 1. The molecule has 0 atom stereocenters. The largest absolute Gasteiger partial charge is 0.298 e. The molecule has 0 bridgehead atoms. The third-order valence-corrected chi connectivity index (χ3v) is 5.51. The van der Waals surface area contributed by atoms with E-state index in [0.717, 1.165) is 15.9 Å². The van der Waals surface area contributed by atoms with Gasteiger partial charge in [0, 0.05) is 23.0 Å². The van der Waals surface area contributed by atoms with Gasteiger partial charge in [-0.15, -0.1) is 11.3 Å². The summed E-state index contributed by atoms with van der Waals surface area (Å²) in [7, 11) is 0. The molecule has 0 unspecified atom stereocenters. The van der Waals surface area contributed by atoms with E-state index in [2.05, 4.69) is 4.98 Å². The Morgan fingerprint density at radius 3 is 3.11 bits per heavy atom. The zero-order valence-electron chi connectivity index (χ0n) is 10.2. The van der Waals surface area contributed by atoms with Gasteiger partial charge in [-0.1, -0.05) is 12.8 Å². The van der Waals surface area contributed by atoms with E-state index in [1.807, 2.05) is 33.9 Å². The van der Waals surface area contributed by atoms with Crippen LogP contribution in [0.2, 0.25) is 0 Å². The predicted octanol–water partition coefficient (Wildman–Crippen LogP) is 3.18. The van der Waals surface area contributed by atoms with Crippen LogP contribution in [0.15, 0.2) is 17.8 Å². The van der Waals surface area contributed by atoms with Crippen LogP contribution in [0.5, 0.6) is 0 Å².